The Bertz CT molecular complexity index is 661. The van der Waals surface area contributed by atoms with Crippen molar-refractivity contribution in [2.75, 3.05) is 12.9 Å². The molecule has 0 N–H and O–H groups in total. The Morgan fingerprint density at radius 2 is 2.19 bits per heavy atom. The summed E-state index contributed by atoms with van der Waals surface area (Å²) < 4.78 is 6.72. The van der Waals surface area contributed by atoms with E-state index in [9.17, 15) is 4.79 Å². The van der Waals surface area contributed by atoms with Gasteiger partial charge in [0.2, 0.25) is 0 Å². The highest BCUT2D eigenvalue weighted by molar-refractivity contribution is 7.98. The van der Waals surface area contributed by atoms with Gasteiger partial charge in [0.1, 0.15) is 0 Å². The number of hydrogen-bond acceptors (Lipinski definition) is 4. The van der Waals surface area contributed by atoms with E-state index >= 15 is 0 Å². The lowest BCUT2D eigenvalue weighted by molar-refractivity contribution is -0.141. The second-order valence-corrected chi connectivity index (χ2v) is 6.82. The van der Waals surface area contributed by atoms with Crippen molar-refractivity contribution in [1.82, 2.24) is 9.78 Å². The molecule has 0 saturated heterocycles. The second kappa shape index (κ2) is 5.72. The fourth-order valence-electron chi connectivity index (χ4n) is 2.69. The number of esters is 1. The number of carbonyl (C=O) groups is 1. The first-order chi connectivity index (χ1) is 10.1. The molecule has 0 radical (unpaired) electrons. The zero-order chi connectivity index (χ0) is 14.9. The van der Waals surface area contributed by atoms with Crippen LogP contribution in [-0.2, 0) is 22.3 Å². The lowest BCUT2D eigenvalue weighted by atomic mass is 10.1. The highest BCUT2D eigenvalue weighted by Crippen LogP contribution is 2.51. The smallest absolute Gasteiger partial charge is 0.306 e. The summed E-state index contributed by atoms with van der Waals surface area (Å²) in [5.74, 6) is 1.81. The molecule has 0 aliphatic heterocycles. The van der Waals surface area contributed by atoms with Crippen LogP contribution in [0.4, 0.5) is 0 Å². The average Bonchev–Trinajstić information content (AvgIpc) is 3.17. The molecular weight excluding hydrogens is 284 g/mol. The number of para-hydroxylation sites is 1. The zero-order valence-corrected chi connectivity index (χ0v) is 13.3. The first kappa shape index (κ1) is 14.4. The number of aromatic nitrogens is 2. The van der Waals surface area contributed by atoms with Gasteiger partial charge < -0.3 is 4.74 Å². The van der Waals surface area contributed by atoms with Crippen LogP contribution < -0.4 is 0 Å². The fraction of sp³-hybridized carbons (Fsp3) is 0.500. The van der Waals surface area contributed by atoms with Crippen LogP contribution in [0.15, 0.2) is 24.3 Å². The van der Waals surface area contributed by atoms with E-state index in [4.69, 9.17) is 4.74 Å². The van der Waals surface area contributed by atoms with Crippen molar-refractivity contribution in [3.63, 3.8) is 0 Å². The third-order valence-electron chi connectivity index (χ3n) is 4.19. The minimum absolute atomic E-state index is 0.0867. The number of nitrogens with zero attached hydrogens (tertiary/aromatic N) is 2. The van der Waals surface area contributed by atoms with E-state index in [0.29, 0.717) is 6.42 Å². The molecule has 1 aliphatic carbocycles. The number of aryl methyl sites for hydroxylation is 1. The van der Waals surface area contributed by atoms with Crippen LogP contribution in [0.1, 0.15) is 25.0 Å². The summed E-state index contributed by atoms with van der Waals surface area (Å²) in [4.78, 5) is 11.4. The Hall–Kier alpha value is -1.49. The Morgan fingerprint density at radius 3 is 2.90 bits per heavy atom. The van der Waals surface area contributed by atoms with Crippen molar-refractivity contribution in [2.24, 2.45) is 12.5 Å². The molecule has 1 aliphatic rings. The lowest BCUT2D eigenvalue weighted by Crippen LogP contribution is -2.13. The molecular formula is C16H20N2O2S. The number of carbonyl (C=O) groups excluding carboxylic acids is 1. The van der Waals surface area contributed by atoms with Crippen LogP contribution in [-0.4, -0.2) is 28.6 Å². The van der Waals surface area contributed by atoms with Gasteiger partial charge in [-0.2, -0.15) is 16.9 Å². The number of benzene rings is 1. The third kappa shape index (κ3) is 3.07. The van der Waals surface area contributed by atoms with Crippen LogP contribution >= 0.6 is 11.8 Å². The summed E-state index contributed by atoms with van der Waals surface area (Å²) in [5, 5.41) is 5.84. The summed E-state index contributed by atoms with van der Waals surface area (Å²) in [5.41, 5.74) is 2.48. The largest absolute Gasteiger partial charge is 0.469 e. The molecule has 0 bridgehead atoms. The first-order valence-corrected chi connectivity index (χ1v) is 8.34. The molecule has 112 valence electrons. The summed E-state index contributed by atoms with van der Waals surface area (Å²) in [6.45, 7) is 0. The van der Waals surface area contributed by atoms with Crippen LogP contribution in [0.5, 0.6) is 0 Å². The molecule has 1 fully saturated rings. The van der Waals surface area contributed by atoms with Crippen molar-refractivity contribution >= 4 is 28.6 Å². The Morgan fingerprint density at radius 1 is 1.43 bits per heavy atom. The second-order valence-electron chi connectivity index (χ2n) is 5.83. The normalized spacial score (nSPS) is 16.1. The molecule has 0 amide bonds. The summed E-state index contributed by atoms with van der Waals surface area (Å²) >= 11 is 1.87. The van der Waals surface area contributed by atoms with E-state index < -0.39 is 0 Å². The number of thioether (sulfide) groups is 1. The molecule has 5 heteroatoms. The van der Waals surface area contributed by atoms with Gasteiger partial charge in [-0.05, 0) is 30.1 Å². The molecule has 21 heavy (non-hydrogen) atoms. The summed E-state index contributed by atoms with van der Waals surface area (Å²) in [6.07, 6.45) is 2.83. The number of hydrogen-bond donors (Lipinski definition) is 0. The van der Waals surface area contributed by atoms with E-state index in [1.807, 2.05) is 29.6 Å². The maximum absolute atomic E-state index is 11.4. The van der Waals surface area contributed by atoms with Crippen molar-refractivity contribution < 1.29 is 9.53 Å². The van der Waals surface area contributed by atoms with E-state index in [-0.39, 0.29) is 11.4 Å². The van der Waals surface area contributed by atoms with Gasteiger partial charge in [-0.25, -0.2) is 0 Å². The zero-order valence-electron chi connectivity index (χ0n) is 12.5. The van der Waals surface area contributed by atoms with Gasteiger partial charge in [0, 0.05) is 18.2 Å². The van der Waals surface area contributed by atoms with Crippen molar-refractivity contribution in [3.05, 3.63) is 30.0 Å². The Balaban J connectivity index is 1.61. The first-order valence-electron chi connectivity index (χ1n) is 7.19. The quantitative estimate of drug-likeness (QED) is 0.769. The number of fused-ring (bicyclic) bond motifs is 1. The number of methoxy groups -OCH3 is 1. The highest BCUT2D eigenvalue weighted by atomic mass is 32.2. The van der Waals surface area contributed by atoms with E-state index in [2.05, 4.69) is 23.3 Å². The van der Waals surface area contributed by atoms with Crippen LogP contribution in [0.2, 0.25) is 0 Å². The van der Waals surface area contributed by atoms with Crippen LogP contribution in [0.25, 0.3) is 10.9 Å². The van der Waals surface area contributed by atoms with Crippen molar-refractivity contribution in [2.45, 2.75) is 25.0 Å². The minimum atomic E-state index is -0.0867. The summed E-state index contributed by atoms with van der Waals surface area (Å²) in [6, 6.07) is 8.31. The van der Waals surface area contributed by atoms with E-state index in [0.717, 1.165) is 30.0 Å². The van der Waals surface area contributed by atoms with Crippen molar-refractivity contribution in [3.8, 4) is 0 Å². The van der Waals surface area contributed by atoms with Gasteiger partial charge in [0.25, 0.3) is 0 Å². The third-order valence-corrected chi connectivity index (χ3v) is 5.48. The highest BCUT2D eigenvalue weighted by Gasteiger charge is 2.44. The molecule has 0 unspecified atom stereocenters. The summed E-state index contributed by atoms with van der Waals surface area (Å²) in [7, 11) is 3.45. The predicted molar refractivity (Wildman–Crippen MR) is 85.2 cm³/mol. The molecule has 1 aromatic carbocycles. The monoisotopic (exact) mass is 304 g/mol. The topological polar surface area (TPSA) is 44.1 Å². The predicted octanol–water partition coefficient (Wildman–Crippen LogP) is 3.15. The van der Waals surface area contributed by atoms with Gasteiger partial charge in [-0.3, -0.25) is 9.48 Å². The maximum atomic E-state index is 11.4. The number of rotatable bonds is 6. The van der Waals surface area contributed by atoms with Gasteiger partial charge in [-0.1, -0.05) is 18.2 Å². The lowest BCUT2D eigenvalue weighted by Gasteiger charge is -2.12. The maximum Gasteiger partial charge on any atom is 0.306 e. The van der Waals surface area contributed by atoms with Gasteiger partial charge in [-0.15, -0.1) is 0 Å². The molecule has 0 atom stereocenters. The Labute approximate surface area is 128 Å². The molecule has 1 heterocycles. The molecule has 1 saturated carbocycles. The molecule has 1 aromatic heterocycles. The molecule has 0 spiro atoms. The van der Waals surface area contributed by atoms with Crippen LogP contribution in [0, 0.1) is 5.41 Å². The fourth-order valence-corrected chi connectivity index (χ4v) is 4.02. The molecule has 4 nitrogen and oxygen atoms in total. The standard InChI is InChI=1S/C16H20N2O2S/c1-18-14-6-4-3-5-12(14)13(17-18)10-21-11-16(7-8-16)9-15(19)20-2/h3-6H,7-11H2,1-2H3. The molecule has 2 aromatic rings. The van der Waals surface area contributed by atoms with E-state index in [1.165, 1.54) is 18.0 Å². The van der Waals surface area contributed by atoms with Gasteiger partial charge in [0.15, 0.2) is 0 Å². The average molecular weight is 304 g/mol. The number of ether oxygens (including phenoxy) is 1. The molecule has 3 rings (SSSR count). The van der Waals surface area contributed by atoms with Crippen LogP contribution in [0.3, 0.4) is 0 Å². The SMILES string of the molecule is COC(=O)CC1(CSCc2nn(C)c3ccccc23)CC1. The minimum Gasteiger partial charge on any atom is -0.469 e. The van der Waals surface area contributed by atoms with Gasteiger partial charge >= 0.3 is 5.97 Å². The van der Waals surface area contributed by atoms with Crippen molar-refractivity contribution in [1.29, 1.82) is 0 Å². The van der Waals surface area contributed by atoms with Gasteiger partial charge in [0.05, 0.1) is 24.7 Å². The van der Waals surface area contributed by atoms with E-state index in [1.54, 1.807) is 0 Å². The Kier molecular flexibility index (Phi) is 3.93.